The zero-order chi connectivity index (χ0) is 14.6. The van der Waals surface area contributed by atoms with Crippen LogP contribution in [0.2, 0.25) is 0 Å². The Kier molecular flexibility index (Phi) is 5.10. The van der Waals surface area contributed by atoms with Crippen LogP contribution in [-0.2, 0) is 11.8 Å². The summed E-state index contributed by atoms with van der Waals surface area (Å²) in [7, 11) is 1.91. The van der Waals surface area contributed by atoms with Crippen LogP contribution in [0.25, 0.3) is 0 Å². The molecule has 0 saturated heterocycles. The molecular formula is C14H23N3O2S. The fraction of sp³-hybridized carbons (Fsp3) is 0.714. The number of hydrogen-bond acceptors (Lipinski definition) is 4. The average molecular weight is 297 g/mol. The summed E-state index contributed by atoms with van der Waals surface area (Å²) >= 11 is 1.78. The van der Waals surface area contributed by atoms with E-state index in [0.717, 1.165) is 31.4 Å². The molecule has 0 spiro atoms. The minimum absolute atomic E-state index is 0.417. The molecule has 1 unspecified atom stereocenters. The summed E-state index contributed by atoms with van der Waals surface area (Å²) in [4.78, 5) is 12.6. The van der Waals surface area contributed by atoms with Crippen LogP contribution in [0.5, 0.6) is 0 Å². The zero-order valence-corrected chi connectivity index (χ0v) is 12.9. The van der Waals surface area contributed by atoms with E-state index in [4.69, 9.17) is 0 Å². The van der Waals surface area contributed by atoms with Crippen molar-refractivity contribution in [3.8, 4) is 0 Å². The lowest BCUT2D eigenvalue weighted by Gasteiger charge is -2.26. The van der Waals surface area contributed by atoms with Gasteiger partial charge in [-0.15, -0.1) is 11.8 Å². The fourth-order valence-electron chi connectivity index (χ4n) is 2.16. The Hall–Kier alpha value is -1.01. The third kappa shape index (κ3) is 4.52. The number of aromatic nitrogens is 2. The lowest BCUT2D eigenvalue weighted by atomic mass is 9.95. The third-order valence-electron chi connectivity index (χ3n) is 3.59. The molecule has 2 N–H and O–H groups in total. The van der Waals surface area contributed by atoms with Gasteiger partial charge in [-0.25, -0.2) is 0 Å². The summed E-state index contributed by atoms with van der Waals surface area (Å²) in [5, 5.41) is 16.8. The number of unbranched alkanes of at least 4 members (excludes halogenated alkanes) is 1. The summed E-state index contributed by atoms with van der Waals surface area (Å²) in [5.41, 5.74) is -0.764. The van der Waals surface area contributed by atoms with Crippen LogP contribution in [-0.4, -0.2) is 38.2 Å². The molecule has 112 valence electrons. The fourth-order valence-corrected chi connectivity index (χ4v) is 3.10. The van der Waals surface area contributed by atoms with Crippen molar-refractivity contribution < 1.29 is 9.90 Å². The van der Waals surface area contributed by atoms with Crippen molar-refractivity contribution in [3.63, 3.8) is 0 Å². The van der Waals surface area contributed by atoms with Gasteiger partial charge in [0.25, 0.3) is 0 Å². The molecule has 5 nitrogen and oxygen atoms in total. The highest BCUT2D eigenvalue weighted by Crippen LogP contribution is 2.26. The van der Waals surface area contributed by atoms with Crippen LogP contribution in [0, 0.1) is 0 Å². The number of aliphatic carboxylic acids is 1. The summed E-state index contributed by atoms with van der Waals surface area (Å²) in [6, 6.07) is 0.417. The first kappa shape index (κ1) is 15.4. The van der Waals surface area contributed by atoms with Crippen molar-refractivity contribution in [2.45, 2.75) is 55.5 Å². The molecule has 20 heavy (non-hydrogen) atoms. The van der Waals surface area contributed by atoms with Crippen molar-refractivity contribution >= 4 is 17.7 Å². The van der Waals surface area contributed by atoms with E-state index in [1.165, 1.54) is 4.90 Å². The minimum atomic E-state index is -0.764. The van der Waals surface area contributed by atoms with E-state index in [1.54, 1.807) is 16.4 Å². The Morgan fingerprint density at radius 2 is 2.35 bits per heavy atom. The van der Waals surface area contributed by atoms with Crippen LogP contribution in [0.1, 0.15) is 39.0 Å². The van der Waals surface area contributed by atoms with Gasteiger partial charge >= 0.3 is 5.97 Å². The van der Waals surface area contributed by atoms with Gasteiger partial charge in [-0.3, -0.25) is 14.8 Å². The number of carboxylic acids is 1. The Bertz CT molecular complexity index is 459. The van der Waals surface area contributed by atoms with Gasteiger partial charge in [-0.2, -0.15) is 5.10 Å². The maximum Gasteiger partial charge on any atom is 0.323 e. The maximum absolute atomic E-state index is 11.4. The Balaban J connectivity index is 1.66. The predicted octanol–water partition coefficient (Wildman–Crippen LogP) is 2.28. The van der Waals surface area contributed by atoms with Crippen LogP contribution in [0.15, 0.2) is 17.3 Å². The zero-order valence-electron chi connectivity index (χ0n) is 12.1. The molecule has 0 aliphatic heterocycles. The van der Waals surface area contributed by atoms with Crippen LogP contribution < -0.4 is 5.32 Å². The molecule has 1 saturated carbocycles. The highest BCUT2D eigenvalue weighted by Gasteiger charge is 2.37. The number of carbonyl (C=O) groups is 1. The second-order valence-electron chi connectivity index (χ2n) is 5.71. The molecule has 1 aromatic heterocycles. The van der Waals surface area contributed by atoms with Gasteiger partial charge in [0, 0.05) is 24.2 Å². The molecule has 1 heterocycles. The first-order valence-electron chi connectivity index (χ1n) is 7.12. The average Bonchev–Trinajstić information content (AvgIpc) is 3.09. The molecule has 6 heteroatoms. The number of nitrogens with zero attached hydrogens (tertiary/aromatic N) is 2. The van der Waals surface area contributed by atoms with Gasteiger partial charge in [-0.1, -0.05) is 6.42 Å². The molecule has 0 aromatic carbocycles. The van der Waals surface area contributed by atoms with Crippen LogP contribution in [0.4, 0.5) is 0 Å². The molecule has 1 aromatic rings. The van der Waals surface area contributed by atoms with Gasteiger partial charge < -0.3 is 5.11 Å². The van der Waals surface area contributed by atoms with Crippen molar-refractivity contribution in [3.05, 3.63) is 12.4 Å². The van der Waals surface area contributed by atoms with E-state index in [9.17, 15) is 9.90 Å². The summed E-state index contributed by atoms with van der Waals surface area (Å²) in [6.07, 6.45) is 8.72. The van der Waals surface area contributed by atoms with Crippen molar-refractivity contribution in [1.82, 2.24) is 15.1 Å². The first-order chi connectivity index (χ1) is 9.49. The molecule has 1 fully saturated rings. The smallest absolute Gasteiger partial charge is 0.323 e. The van der Waals surface area contributed by atoms with Crippen molar-refractivity contribution in [1.29, 1.82) is 0 Å². The number of hydrogen-bond donors (Lipinski definition) is 2. The second kappa shape index (κ2) is 6.63. The number of rotatable bonds is 9. The molecule has 1 aliphatic carbocycles. The molecule has 1 atom stereocenters. The van der Waals surface area contributed by atoms with Crippen molar-refractivity contribution in [2.24, 2.45) is 7.05 Å². The Morgan fingerprint density at radius 3 is 2.90 bits per heavy atom. The molecule has 0 amide bonds. The number of nitrogens with one attached hydrogen (secondary N) is 1. The van der Waals surface area contributed by atoms with E-state index in [-0.39, 0.29) is 0 Å². The second-order valence-corrected chi connectivity index (χ2v) is 6.88. The molecular weight excluding hydrogens is 274 g/mol. The SMILES string of the molecule is Cn1cc(SCCCCC(C)(NC2CC2)C(=O)O)cn1. The van der Waals surface area contributed by atoms with Crippen LogP contribution in [0.3, 0.4) is 0 Å². The predicted molar refractivity (Wildman–Crippen MR) is 80.0 cm³/mol. The highest BCUT2D eigenvalue weighted by atomic mass is 32.2. The lowest BCUT2D eigenvalue weighted by Crippen LogP contribution is -2.50. The van der Waals surface area contributed by atoms with Gasteiger partial charge in [0.1, 0.15) is 5.54 Å². The van der Waals surface area contributed by atoms with Gasteiger partial charge in [0.2, 0.25) is 0 Å². The van der Waals surface area contributed by atoms with Gasteiger partial charge in [0.05, 0.1) is 6.20 Å². The lowest BCUT2D eigenvalue weighted by molar-refractivity contribution is -0.144. The van der Waals surface area contributed by atoms with E-state index in [1.807, 2.05) is 26.4 Å². The Morgan fingerprint density at radius 1 is 1.60 bits per heavy atom. The molecule has 2 rings (SSSR count). The van der Waals surface area contributed by atoms with Gasteiger partial charge in [0.15, 0.2) is 0 Å². The third-order valence-corrected chi connectivity index (χ3v) is 4.63. The summed E-state index contributed by atoms with van der Waals surface area (Å²) < 4.78 is 1.80. The van der Waals surface area contributed by atoms with E-state index in [2.05, 4.69) is 10.4 Å². The standard InChI is InChI=1S/C14H23N3O2S/c1-14(13(18)19,16-11-5-6-11)7-3-4-8-20-12-9-15-17(2)10-12/h9-11,16H,3-8H2,1-2H3,(H,18,19). The van der Waals surface area contributed by atoms with E-state index < -0.39 is 11.5 Å². The van der Waals surface area contributed by atoms with Gasteiger partial charge in [-0.05, 0) is 38.4 Å². The number of carboxylic acid groups (broad SMARTS) is 1. The van der Waals surface area contributed by atoms with Crippen LogP contribution >= 0.6 is 11.8 Å². The molecule has 0 radical (unpaired) electrons. The molecule has 1 aliphatic rings. The minimum Gasteiger partial charge on any atom is -0.480 e. The molecule has 0 bridgehead atoms. The largest absolute Gasteiger partial charge is 0.480 e. The summed E-state index contributed by atoms with van der Waals surface area (Å²) in [6.45, 7) is 1.81. The maximum atomic E-state index is 11.4. The topological polar surface area (TPSA) is 67.2 Å². The monoisotopic (exact) mass is 297 g/mol. The van der Waals surface area contributed by atoms with E-state index >= 15 is 0 Å². The number of aryl methyl sites for hydroxylation is 1. The quantitative estimate of drug-likeness (QED) is 0.541. The first-order valence-corrected chi connectivity index (χ1v) is 8.11. The van der Waals surface area contributed by atoms with E-state index in [0.29, 0.717) is 12.5 Å². The Labute approximate surface area is 124 Å². The van der Waals surface area contributed by atoms with Crippen molar-refractivity contribution in [2.75, 3.05) is 5.75 Å². The normalized spacial score (nSPS) is 17.9. The highest BCUT2D eigenvalue weighted by molar-refractivity contribution is 7.99. The number of thioether (sulfide) groups is 1. The summed E-state index contributed by atoms with van der Waals surface area (Å²) in [5.74, 6) is 0.273.